The first-order valence-electron chi connectivity index (χ1n) is 7.63. The number of hydrogen-bond acceptors (Lipinski definition) is 3. The first-order valence-corrected chi connectivity index (χ1v) is 9.02. The normalized spacial score (nSPS) is 14.0. The Balaban J connectivity index is 2.75. The van der Waals surface area contributed by atoms with Crippen LogP contribution in [0.3, 0.4) is 0 Å². The lowest BCUT2D eigenvalue weighted by Crippen LogP contribution is -2.43. The molecular weight excluding hydrogens is 280 g/mol. The maximum Gasteiger partial charge on any atom is 0.237 e. The molecule has 0 saturated heterocycles. The molecule has 0 aliphatic rings. The molecule has 3 nitrogen and oxygen atoms in total. The molecule has 1 rings (SSSR count). The lowest BCUT2D eigenvalue weighted by atomic mass is 9.94. The highest BCUT2D eigenvalue weighted by molar-refractivity contribution is 7.98. The molecule has 1 aromatic carbocycles. The van der Waals surface area contributed by atoms with Crippen molar-refractivity contribution in [2.45, 2.75) is 45.7 Å². The Hall–Kier alpha value is -1.00. The second kappa shape index (κ2) is 9.11. The minimum absolute atomic E-state index is 0.0173. The van der Waals surface area contributed by atoms with Crippen molar-refractivity contribution < 1.29 is 4.79 Å². The molecule has 3 N–H and O–H groups in total. The maximum absolute atomic E-state index is 12.2. The van der Waals surface area contributed by atoms with E-state index in [9.17, 15) is 4.79 Å². The van der Waals surface area contributed by atoms with Crippen LogP contribution in [0, 0.1) is 5.92 Å². The fraction of sp³-hybridized carbons (Fsp3) is 0.588. The number of rotatable bonds is 8. The number of carbonyl (C=O) groups is 1. The van der Waals surface area contributed by atoms with Crippen molar-refractivity contribution in [3.05, 3.63) is 35.4 Å². The Labute approximate surface area is 133 Å². The van der Waals surface area contributed by atoms with Gasteiger partial charge in [0.15, 0.2) is 0 Å². The average molecular weight is 308 g/mol. The molecule has 0 heterocycles. The zero-order valence-corrected chi connectivity index (χ0v) is 14.4. The van der Waals surface area contributed by atoms with E-state index >= 15 is 0 Å². The highest BCUT2D eigenvalue weighted by Crippen LogP contribution is 2.22. The maximum atomic E-state index is 12.2. The number of hydrogen-bond donors (Lipinski definition) is 2. The summed E-state index contributed by atoms with van der Waals surface area (Å²) >= 11 is 1.71. The Kier molecular flexibility index (Phi) is 7.83. The molecular formula is C17H28N2OS. The molecule has 0 fully saturated rings. The van der Waals surface area contributed by atoms with Crippen molar-refractivity contribution in [2.75, 3.05) is 12.0 Å². The molecule has 2 atom stereocenters. The highest BCUT2D eigenvalue weighted by Gasteiger charge is 2.21. The van der Waals surface area contributed by atoms with Gasteiger partial charge in [0, 0.05) is 0 Å². The topological polar surface area (TPSA) is 55.1 Å². The number of thioether (sulfide) groups is 1. The van der Waals surface area contributed by atoms with Gasteiger partial charge in [0.25, 0.3) is 0 Å². The third-order valence-corrected chi connectivity index (χ3v) is 4.33. The van der Waals surface area contributed by atoms with Gasteiger partial charge in [-0.1, -0.05) is 45.0 Å². The van der Waals surface area contributed by atoms with Crippen LogP contribution < -0.4 is 11.1 Å². The van der Waals surface area contributed by atoms with Gasteiger partial charge in [-0.2, -0.15) is 11.8 Å². The second-order valence-corrected chi connectivity index (χ2v) is 6.70. The van der Waals surface area contributed by atoms with E-state index in [2.05, 4.69) is 50.4 Å². The lowest BCUT2D eigenvalue weighted by Gasteiger charge is -2.25. The predicted molar refractivity (Wildman–Crippen MR) is 92.5 cm³/mol. The van der Waals surface area contributed by atoms with Gasteiger partial charge in [-0.25, -0.2) is 0 Å². The second-order valence-electron chi connectivity index (χ2n) is 5.71. The van der Waals surface area contributed by atoms with E-state index in [-0.39, 0.29) is 11.9 Å². The van der Waals surface area contributed by atoms with Gasteiger partial charge in [0.1, 0.15) is 0 Å². The van der Waals surface area contributed by atoms with Crippen LogP contribution in [0.5, 0.6) is 0 Å². The van der Waals surface area contributed by atoms with E-state index in [0.29, 0.717) is 12.3 Å². The average Bonchev–Trinajstić information content (AvgIpc) is 2.49. The fourth-order valence-electron chi connectivity index (χ4n) is 2.23. The molecule has 0 aliphatic heterocycles. The monoisotopic (exact) mass is 308 g/mol. The largest absolute Gasteiger partial charge is 0.348 e. The van der Waals surface area contributed by atoms with Crippen molar-refractivity contribution in [2.24, 2.45) is 11.7 Å². The summed E-state index contributed by atoms with van der Waals surface area (Å²) in [5.41, 5.74) is 8.41. The van der Waals surface area contributed by atoms with E-state index in [1.54, 1.807) is 11.8 Å². The smallest absolute Gasteiger partial charge is 0.237 e. The standard InChI is InChI=1S/C17H28N2OS/c1-5-13-6-8-14(9-7-13)16(12(2)3)19-17(20)15(18)10-11-21-4/h6-9,12,15-16H,5,10-11,18H2,1-4H3,(H,19,20)/t15-,16?/m1/s1. The van der Waals surface area contributed by atoms with E-state index in [0.717, 1.165) is 17.7 Å². The van der Waals surface area contributed by atoms with Crippen LogP contribution in [0.1, 0.15) is 44.4 Å². The summed E-state index contributed by atoms with van der Waals surface area (Å²) in [4.78, 5) is 12.2. The predicted octanol–water partition coefficient (Wildman–Crippen LogP) is 3.14. The van der Waals surface area contributed by atoms with Gasteiger partial charge in [-0.3, -0.25) is 4.79 Å². The van der Waals surface area contributed by atoms with Crippen LogP contribution in [0.25, 0.3) is 0 Å². The van der Waals surface area contributed by atoms with Gasteiger partial charge >= 0.3 is 0 Å². The third kappa shape index (κ3) is 5.71. The molecule has 0 aliphatic carbocycles. The van der Waals surface area contributed by atoms with Crippen LogP contribution >= 0.6 is 11.8 Å². The number of amides is 1. The lowest BCUT2D eigenvalue weighted by molar-refractivity contribution is -0.123. The summed E-state index contributed by atoms with van der Waals surface area (Å²) in [5, 5.41) is 3.11. The molecule has 4 heteroatoms. The first kappa shape index (κ1) is 18.1. The minimum atomic E-state index is -0.423. The number of aryl methyl sites for hydroxylation is 1. The first-order chi connectivity index (χ1) is 9.99. The molecule has 0 bridgehead atoms. The molecule has 0 spiro atoms. The van der Waals surface area contributed by atoms with Gasteiger partial charge in [-0.05, 0) is 41.9 Å². The third-order valence-electron chi connectivity index (χ3n) is 3.68. The summed E-state index contributed by atoms with van der Waals surface area (Å²) < 4.78 is 0. The van der Waals surface area contributed by atoms with Gasteiger partial charge in [-0.15, -0.1) is 0 Å². The number of benzene rings is 1. The van der Waals surface area contributed by atoms with Gasteiger partial charge in [0.2, 0.25) is 5.91 Å². The summed E-state index contributed by atoms with van der Waals surface area (Å²) in [6.45, 7) is 6.37. The van der Waals surface area contributed by atoms with Gasteiger partial charge < -0.3 is 11.1 Å². The van der Waals surface area contributed by atoms with Gasteiger partial charge in [0.05, 0.1) is 12.1 Å². The van der Waals surface area contributed by atoms with Crippen LogP contribution in [0.15, 0.2) is 24.3 Å². The number of nitrogens with one attached hydrogen (secondary N) is 1. The molecule has 1 aromatic rings. The van der Waals surface area contributed by atoms with Crippen LogP contribution in [0.4, 0.5) is 0 Å². The van der Waals surface area contributed by atoms with Crippen LogP contribution in [-0.2, 0) is 11.2 Å². The van der Waals surface area contributed by atoms with Crippen molar-refractivity contribution >= 4 is 17.7 Å². The molecule has 1 amide bonds. The Bertz CT molecular complexity index is 431. The Morgan fingerprint density at radius 2 is 1.90 bits per heavy atom. The van der Waals surface area contributed by atoms with E-state index in [4.69, 9.17) is 5.73 Å². The summed E-state index contributed by atoms with van der Waals surface area (Å²) in [6.07, 6.45) is 3.77. The van der Waals surface area contributed by atoms with Crippen molar-refractivity contribution in [3.63, 3.8) is 0 Å². The van der Waals surface area contributed by atoms with Crippen molar-refractivity contribution in [3.8, 4) is 0 Å². The minimum Gasteiger partial charge on any atom is -0.348 e. The molecule has 0 aromatic heterocycles. The fourth-order valence-corrected chi connectivity index (χ4v) is 2.72. The zero-order chi connectivity index (χ0) is 15.8. The van der Waals surface area contributed by atoms with E-state index in [1.807, 2.05) is 6.26 Å². The Morgan fingerprint density at radius 3 is 2.38 bits per heavy atom. The molecule has 1 unspecified atom stereocenters. The summed E-state index contributed by atoms with van der Waals surface area (Å²) in [6, 6.07) is 8.07. The van der Waals surface area contributed by atoms with Crippen LogP contribution in [-0.4, -0.2) is 24.0 Å². The zero-order valence-electron chi connectivity index (χ0n) is 13.6. The highest BCUT2D eigenvalue weighted by atomic mass is 32.2. The molecule has 118 valence electrons. The SMILES string of the molecule is CCc1ccc(C(NC(=O)[C@H](N)CCSC)C(C)C)cc1. The van der Waals surface area contributed by atoms with Crippen LogP contribution in [0.2, 0.25) is 0 Å². The molecule has 0 radical (unpaired) electrons. The quantitative estimate of drug-likeness (QED) is 0.775. The number of nitrogens with two attached hydrogens (primary N) is 1. The number of carbonyl (C=O) groups excluding carboxylic acids is 1. The molecule has 0 saturated carbocycles. The summed E-state index contributed by atoms with van der Waals surface area (Å²) in [5.74, 6) is 1.18. The molecule has 21 heavy (non-hydrogen) atoms. The Morgan fingerprint density at radius 1 is 1.29 bits per heavy atom. The van der Waals surface area contributed by atoms with Crippen molar-refractivity contribution in [1.29, 1.82) is 0 Å². The van der Waals surface area contributed by atoms with E-state index < -0.39 is 6.04 Å². The summed E-state index contributed by atoms with van der Waals surface area (Å²) in [7, 11) is 0. The van der Waals surface area contributed by atoms with E-state index in [1.165, 1.54) is 5.56 Å². The van der Waals surface area contributed by atoms with Crippen molar-refractivity contribution in [1.82, 2.24) is 5.32 Å².